The van der Waals surface area contributed by atoms with Crippen LogP contribution in [0.4, 0.5) is 30.7 Å². The zero-order valence-electron chi connectivity index (χ0n) is 5.99. The predicted molar refractivity (Wildman–Crippen MR) is 25.3 cm³/mol. The molecule has 0 radical (unpaired) electrons. The summed E-state index contributed by atoms with van der Waals surface area (Å²) in [5, 5.41) is 22.9. The summed E-state index contributed by atoms with van der Waals surface area (Å²) < 4.78 is 81.6. The summed E-state index contributed by atoms with van der Waals surface area (Å²) in [4.78, 5) is 0. The summed E-state index contributed by atoms with van der Waals surface area (Å²) in [6.07, 6.45) is -6.73. The zero-order valence-corrected chi connectivity index (χ0v) is 5.99. The second-order valence-electron chi connectivity index (χ2n) is 2.28. The van der Waals surface area contributed by atoms with Crippen molar-refractivity contribution in [3.8, 4) is 0 Å². The van der Waals surface area contributed by atoms with E-state index in [2.05, 4.69) is 0 Å². The Labute approximate surface area is 71.4 Å². The van der Waals surface area contributed by atoms with E-state index < -0.39 is 24.0 Å². The predicted octanol–water partition coefficient (Wildman–Crippen LogP) is 0.450. The molecule has 10 heteroatoms. The quantitative estimate of drug-likeness (QED) is 0.478. The van der Waals surface area contributed by atoms with Gasteiger partial charge in [-0.2, -0.15) is 30.7 Å². The van der Waals surface area contributed by atoms with Crippen LogP contribution in [0.15, 0.2) is 0 Å². The number of halogens is 7. The van der Waals surface area contributed by atoms with Gasteiger partial charge in [0.2, 0.25) is 0 Å². The summed E-state index contributed by atoms with van der Waals surface area (Å²) in [5.41, 5.74) is 0. The molecule has 3 nitrogen and oxygen atoms in total. The molecule has 0 aliphatic carbocycles. The van der Waals surface area contributed by atoms with E-state index in [1.165, 1.54) is 0 Å². The van der Waals surface area contributed by atoms with Gasteiger partial charge in [-0.1, -0.05) is 0 Å². The molecule has 14 heavy (non-hydrogen) atoms. The fourth-order valence-corrected chi connectivity index (χ4v) is 0.389. The van der Waals surface area contributed by atoms with Gasteiger partial charge in [-0.15, -0.1) is 0 Å². The first-order valence-electron chi connectivity index (χ1n) is 2.74. The van der Waals surface area contributed by atoms with Crippen LogP contribution in [0.5, 0.6) is 0 Å². The maximum atomic E-state index is 12.0. The Morgan fingerprint density at radius 3 is 0.929 bits per heavy atom. The van der Waals surface area contributed by atoms with Crippen LogP contribution in [0.3, 0.4) is 0 Å². The van der Waals surface area contributed by atoms with Gasteiger partial charge in [0, 0.05) is 0 Å². The molecule has 0 atom stereocenters. The highest BCUT2D eigenvalue weighted by Gasteiger charge is 2.80. The second-order valence-corrected chi connectivity index (χ2v) is 2.28. The molecule has 0 bridgehead atoms. The van der Waals surface area contributed by atoms with Crippen molar-refractivity contribution in [2.45, 2.75) is 24.0 Å². The summed E-state index contributed by atoms with van der Waals surface area (Å²) in [6, 6.07) is 0. The van der Waals surface area contributed by atoms with Crippen molar-refractivity contribution in [1.29, 1.82) is 0 Å². The van der Waals surface area contributed by atoms with Crippen LogP contribution in [-0.2, 0) is 0 Å². The summed E-state index contributed by atoms with van der Waals surface area (Å²) in [6.45, 7) is 0. The molecular weight excluding hydrogens is 229 g/mol. The van der Waals surface area contributed by atoms with Crippen LogP contribution in [0.1, 0.15) is 0 Å². The van der Waals surface area contributed by atoms with Gasteiger partial charge in [0.05, 0.1) is 0 Å². The molecule has 0 amide bonds. The maximum absolute atomic E-state index is 12.0. The minimum absolute atomic E-state index is 5.47. The molecule has 0 saturated heterocycles. The minimum atomic E-state index is -6.77. The molecule has 0 aromatic heterocycles. The number of alkyl halides is 7. The van der Waals surface area contributed by atoms with Crippen LogP contribution in [0, 0.1) is 0 Å². The first-order chi connectivity index (χ1) is 5.75. The minimum Gasteiger partial charge on any atom is -0.339 e. The van der Waals surface area contributed by atoms with Crippen LogP contribution in [0.2, 0.25) is 0 Å². The molecule has 3 N–H and O–H groups in total. The van der Waals surface area contributed by atoms with Crippen molar-refractivity contribution in [3.63, 3.8) is 0 Å². The molecule has 0 aromatic carbocycles. The van der Waals surface area contributed by atoms with E-state index in [4.69, 9.17) is 15.3 Å². The number of hydrogen-bond acceptors (Lipinski definition) is 3. The van der Waals surface area contributed by atoms with Gasteiger partial charge < -0.3 is 15.3 Å². The average Bonchev–Trinajstić information content (AvgIpc) is 1.81. The van der Waals surface area contributed by atoms with Gasteiger partial charge in [-0.05, 0) is 0 Å². The lowest BCUT2D eigenvalue weighted by Crippen LogP contribution is -2.64. The SMILES string of the molecule is OC(O)(O)C(F)(F)C(F)(F)C(F)(F)F. The Morgan fingerprint density at radius 2 is 0.857 bits per heavy atom. The van der Waals surface area contributed by atoms with Crippen LogP contribution in [-0.4, -0.2) is 39.3 Å². The van der Waals surface area contributed by atoms with E-state index in [0.29, 0.717) is 0 Å². The van der Waals surface area contributed by atoms with Gasteiger partial charge >= 0.3 is 24.0 Å². The molecule has 86 valence electrons. The van der Waals surface area contributed by atoms with Gasteiger partial charge in [0.1, 0.15) is 0 Å². The summed E-state index contributed by atoms with van der Waals surface area (Å²) >= 11 is 0. The van der Waals surface area contributed by atoms with E-state index in [9.17, 15) is 30.7 Å². The van der Waals surface area contributed by atoms with Crippen molar-refractivity contribution >= 4 is 0 Å². The first-order valence-corrected chi connectivity index (χ1v) is 2.74. The lowest BCUT2D eigenvalue weighted by molar-refractivity contribution is -0.476. The fraction of sp³-hybridized carbons (Fsp3) is 1.00. The normalized spacial score (nSPS) is 15.9. The third-order valence-electron chi connectivity index (χ3n) is 1.17. The summed E-state index contributed by atoms with van der Waals surface area (Å²) in [7, 11) is 0. The molecule has 0 rings (SSSR count). The van der Waals surface area contributed by atoms with Crippen molar-refractivity contribution in [2.75, 3.05) is 0 Å². The van der Waals surface area contributed by atoms with E-state index in [0.717, 1.165) is 0 Å². The van der Waals surface area contributed by atoms with Crippen molar-refractivity contribution in [1.82, 2.24) is 0 Å². The zero-order chi connectivity index (χ0) is 12.0. The molecule has 0 unspecified atom stereocenters. The Hall–Kier alpha value is -0.610. The fourth-order valence-electron chi connectivity index (χ4n) is 0.389. The molecule has 0 fully saturated rings. The largest absolute Gasteiger partial charge is 0.460 e. The number of aliphatic hydroxyl groups is 3. The van der Waals surface area contributed by atoms with Crippen molar-refractivity contribution < 1.29 is 46.1 Å². The van der Waals surface area contributed by atoms with Gasteiger partial charge in [-0.25, -0.2) is 0 Å². The lowest BCUT2D eigenvalue weighted by Gasteiger charge is -2.32. The highest BCUT2D eigenvalue weighted by molar-refractivity contribution is 4.95. The highest BCUT2D eigenvalue weighted by atomic mass is 19.4. The third kappa shape index (κ3) is 1.77. The Morgan fingerprint density at radius 1 is 0.571 bits per heavy atom. The van der Waals surface area contributed by atoms with E-state index in [1.807, 2.05) is 0 Å². The molecule has 0 aliphatic rings. The maximum Gasteiger partial charge on any atom is 0.460 e. The highest BCUT2D eigenvalue weighted by Crippen LogP contribution is 2.49. The van der Waals surface area contributed by atoms with E-state index in [-0.39, 0.29) is 0 Å². The molecule has 0 heterocycles. The Bertz CT molecular complexity index is 190. The van der Waals surface area contributed by atoms with Gasteiger partial charge in [0.25, 0.3) is 0 Å². The van der Waals surface area contributed by atoms with Crippen LogP contribution < -0.4 is 0 Å². The molecule has 0 aromatic rings. The topological polar surface area (TPSA) is 60.7 Å². The van der Waals surface area contributed by atoms with Crippen LogP contribution >= 0.6 is 0 Å². The smallest absolute Gasteiger partial charge is 0.339 e. The molecule has 0 spiro atoms. The van der Waals surface area contributed by atoms with Crippen molar-refractivity contribution in [2.24, 2.45) is 0 Å². The molecule has 0 saturated carbocycles. The van der Waals surface area contributed by atoms with E-state index in [1.54, 1.807) is 0 Å². The Kier molecular flexibility index (Phi) is 2.81. The average molecular weight is 232 g/mol. The van der Waals surface area contributed by atoms with Crippen molar-refractivity contribution in [3.05, 3.63) is 0 Å². The number of rotatable bonds is 2. The molecule has 0 aliphatic heterocycles. The monoisotopic (exact) mass is 232 g/mol. The molecular formula is C4H3F7O3. The first kappa shape index (κ1) is 13.4. The number of hydrogen-bond donors (Lipinski definition) is 3. The second kappa shape index (κ2) is 2.94. The summed E-state index contributed by atoms with van der Waals surface area (Å²) in [5.74, 6) is -18.7. The van der Waals surface area contributed by atoms with E-state index >= 15 is 0 Å². The lowest BCUT2D eigenvalue weighted by atomic mass is 10.1. The standard InChI is InChI=1S/C4H3F7O3/c5-1(6,3(9,10)11)2(7,8)4(12,13)14/h12-14H. The van der Waals surface area contributed by atoms with Gasteiger partial charge in [0.15, 0.2) is 0 Å². The van der Waals surface area contributed by atoms with Gasteiger partial charge in [-0.3, -0.25) is 0 Å². The Balaban J connectivity index is 5.30. The van der Waals surface area contributed by atoms with Crippen LogP contribution in [0.25, 0.3) is 0 Å². The third-order valence-corrected chi connectivity index (χ3v) is 1.17.